The van der Waals surface area contributed by atoms with E-state index in [4.69, 9.17) is 15.2 Å². The summed E-state index contributed by atoms with van der Waals surface area (Å²) in [6, 6.07) is 0. The van der Waals surface area contributed by atoms with Gasteiger partial charge in [0.2, 0.25) is 0 Å². The molecule has 0 saturated heterocycles. The van der Waals surface area contributed by atoms with Crippen LogP contribution in [0.5, 0.6) is 5.75 Å². The van der Waals surface area contributed by atoms with Crippen LogP contribution in [0.1, 0.15) is 35.4 Å². The Balaban J connectivity index is 1.76. The van der Waals surface area contributed by atoms with Crippen molar-refractivity contribution in [3.8, 4) is 5.75 Å². The van der Waals surface area contributed by atoms with E-state index < -0.39 is 5.97 Å². The molecule has 0 spiro atoms. The summed E-state index contributed by atoms with van der Waals surface area (Å²) in [5.41, 5.74) is 6.81. The van der Waals surface area contributed by atoms with Crippen molar-refractivity contribution < 1.29 is 14.3 Å². The summed E-state index contributed by atoms with van der Waals surface area (Å²) in [4.78, 5) is 12.1. The maximum absolute atomic E-state index is 11.7. The van der Waals surface area contributed by atoms with E-state index in [0.29, 0.717) is 21.7 Å². The quantitative estimate of drug-likeness (QED) is 0.790. The van der Waals surface area contributed by atoms with Gasteiger partial charge in [-0.05, 0) is 37.0 Å². The summed E-state index contributed by atoms with van der Waals surface area (Å²) < 4.78 is 10.1. The predicted molar refractivity (Wildman–Crippen MR) is 79.5 cm³/mol. The van der Waals surface area contributed by atoms with Crippen molar-refractivity contribution in [1.29, 1.82) is 0 Å². The predicted octanol–water partition coefficient (Wildman–Crippen LogP) is 2.73. The lowest BCUT2D eigenvalue weighted by atomic mass is 10.0. The van der Waals surface area contributed by atoms with Crippen LogP contribution < -0.4 is 15.8 Å². The Labute approximate surface area is 122 Å². The van der Waals surface area contributed by atoms with Crippen LogP contribution in [0.4, 0.5) is 10.7 Å². The molecule has 3 rings (SSSR count). The molecule has 5 nitrogen and oxygen atoms in total. The average Bonchev–Trinajstić information content (AvgIpc) is 3.33. The van der Waals surface area contributed by atoms with Crippen molar-refractivity contribution in [3.63, 3.8) is 0 Å². The first kappa shape index (κ1) is 13.5. The molecule has 1 aromatic heterocycles. The van der Waals surface area contributed by atoms with Crippen molar-refractivity contribution in [2.45, 2.75) is 25.7 Å². The smallest absolute Gasteiger partial charge is 0.350 e. The Morgan fingerprint density at radius 1 is 1.45 bits per heavy atom. The van der Waals surface area contributed by atoms with Crippen molar-refractivity contribution >= 4 is 28.0 Å². The van der Waals surface area contributed by atoms with Crippen LogP contribution in [0.2, 0.25) is 0 Å². The molecular weight excluding hydrogens is 276 g/mol. The van der Waals surface area contributed by atoms with Crippen LogP contribution in [0.15, 0.2) is 0 Å². The molecule has 2 aliphatic rings. The number of methoxy groups -OCH3 is 2. The molecule has 1 aromatic rings. The molecule has 110 valence electrons. The zero-order valence-electron chi connectivity index (χ0n) is 11.8. The van der Waals surface area contributed by atoms with E-state index in [2.05, 4.69) is 5.32 Å². The highest BCUT2D eigenvalue weighted by molar-refractivity contribution is 7.19. The molecule has 2 fully saturated rings. The van der Waals surface area contributed by atoms with Gasteiger partial charge in [-0.1, -0.05) is 0 Å². The Morgan fingerprint density at radius 3 is 2.65 bits per heavy atom. The first-order valence-corrected chi connectivity index (χ1v) is 7.71. The fourth-order valence-electron chi connectivity index (χ4n) is 2.83. The minimum Gasteiger partial charge on any atom is -0.492 e. The number of nitrogens with one attached hydrogen (secondary N) is 1. The summed E-state index contributed by atoms with van der Waals surface area (Å²) in [5, 5.41) is 4.27. The molecule has 0 unspecified atom stereocenters. The van der Waals surface area contributed by atoms with Crippen LogP contribution in [-0.4, -0.2) is 26.7 Å². The number of carbonyl (C=O) groups is 1. The van der Waals surface area contributed by atoms with Crippen molar-refractivity contribution in [3.05, 3.63) is 4.88 Å². The number of hydrogen-bond acceptors (Lipinski definition) is 6. The van der Waals surface area contributed by atoms with E-state index in [9.17, 15) is 4.79 Å². The first-order valence-electron chi connectivity index (χ1n) is 6.90. The van der Waals surface area contributed by atoms with E-state index in [0.717, 1.165) is 17.5 Å². The second-order valence-corrected chi connectivity index (χ2v) is 6.71. The lowest BCUT2D eigenvalue weighted by Gasteiger charge is -2.15. The SMILES string of the molecule is COC(=O)c1sc(NCC2(C3CC3)CC2)c(OC)c1N. The Morgan fingerprint density at radius 2 is 2.15 bits per heavy atom. The van der Waals surface area contributed by atoms with Crippen LogP contribution in [0, 0.1) is 11.3 Å². The van der Waals surface area contributed by atoms with Gasteiger partial charge < -0.3 is 20.5 Å². The van der Waals surface area contributed by atoms with E-state index in [1.54, 1.807) is 7.11 Å². The van der Waals surface area contributed by atoms with Gasteiger partial charge in [0, 0.05) is 6.54 Å². The van der Waals surface area contributed by atoms with Gasteiger partial charge in [-0.2, -0.15) is 0 Å². The number of hydrogen-bond donors (Lipinski definition) is 2. The molecule has 3 N–H and O–H groups in total. The van der Waals surface area contributed by atoms with Gasteiger partial charge in [0.25, 0.3) is 0 Å². The number of thiophene rings is 1. The lowest BCUT2D eigenvalue weighted by molar-refractivity contribution is 0.0607. The summed E-state index contributed by atoms with van der Waals surface area (Å²) in [5.74, 6) is 1.03. The number of esters is 1. The number of rotatable bonds is 6. The third-order valence-corrected chi connectivity index (χ3v) is 5.54. The number of nitrogens with two attached hydrogens (primary N) is 1. The van der Waals surface area contributed by atoms with Gasteiger partial charge in [0.1, 0.15) is 15.6 Å². The van der Waals surface area contributed by atoms with Crippen LogP contribution in [0.25, 0.3) is 0 Å². The summed E-state index contributed by atoms with van der Waals surface area (Å²) in [7, 11) is 2.92. The molecular formula is C14H20N2O3S. The van der Waals surface area contributed by atoms with Gasteiger partial charge in [-0.3, -0.25) is 0 Å². The molecule has 20 heavy (non-hydrogen) atoms. The zero-order valence-corrected chi connectivity index (χ0v) is 12.6. The monoisotopic (exact) mass is 296 g/mol. The highest BCUT2D eigenvalue weighted by Crippen LogP contribution is 2.61. The topological polar surface area (TPSA) is 73.6 Å². The fraction of sp³-hybridized carbons (Fsp3) is 0.643. The number of carbonyl (C=O) groups excluding carboxylic acids is 1. The summed E-state index contributed by atoms with van der Waals surface area (Å²) >= 11 is 1.31. The van der Waals surface area contributed by atoms with E-state index in [-0.39, 0.29) is 0 Å². The third kappa shape index (κ3) is 2.22. The highest BCUT2D eigenvalue weighted by atomic mass is 32.1. The normalized spacial score (nSPS) is 19.5. The van der Waals surface area contributed by atoms with Crippen molar-refractivity contribution in [2.75, 3.05) is 31.8 Å². The van der Waals surface area contributed by atoms with E-state index in [1.165, 1.54) is 44.1 Å². The summed E-state index contributed by atoms with van der Waals surface area (Å²) in [6.07, 6.45) is 5.33. The van der Waals surface area contributed by atoms with Crippen LogP contribution in [-0.2, 0) is 4.74 Å². The number of nitrogen functional groups attached to an aromatic ring is 1. The molecule has 0 radical (unpaired) electrons. The molecule has 0 amide bonds. The number of ether oxygens (including phenoxy) is 2. The van der Waals surface area contributed by atoms with Crippen LogP contribution >= 0.6 is 11.3 Å². The Kier molecular flexibility index (Phi) is 3.28. The Hall–Kier alpha value is -1.43. The van der Waals surface area contributed by atoms with Crippen LogP contribution in [0.3, 0.4) is 0 Å². The molecule has 6 heteroatoms. The number of anilines is 2. The van der Waals surface area contributed by atoms with Gasteiger partial charge >= 0.3 is 5.97 Å². The lowest BCUT2D eigenvalue weighted by Crippen LogP contribution is -2.17. The maximum Gasteiger partial charge on any atom is 0.350 e. The summed E-state index contributed by atoms with van der Waals surface area (Å²) in [6.45, 7) is 0.939. The van der Waals surface area contributed by atoms with Crippen molar-refractivity contribution in [2.24, 2.45) is 11.3 Å². The Bertz CT molecular complexity index is 533. The zero-order chi connectivity index (χ0) is 14.3. The molecule has 0 atom stereocenters. The molecule has 2 saturated carbocycles. The fourth-order valence-corrected chi connectivity index (χ4v) is 3.84. The minimum absolute atomic E-state index is 0.364. The largest absolute Gasteiger partial charge is 0.492 e. The van der Waals surface area contributed by atoms with Gasteiger partial charge in [0.05, 0.1) is 14.2 Å². The van der Waals surface area contributed by atoms with E-state index in [1.807, 2.05) is 0 Å². The average molecular weight is 296 g/mol. The minimum atomic E-state index is -0.415. The van der Waals surface area contributed by atoms with Gasteiger partial charge in [0.15, 0.2) is 5.75 Å². The molecule has 1 heterocycles. The standard InChI is InChI=1S/C14H20N2O3S/c1-18-10-9(15)11(13(17)19-2)20-12(10)16-7-14(5-6-14)8-3-4-8/h8,16H,3-7,15H2,1-2H3. The molecule has 0 bridgehead atoms. The van der Waals surface area contributed by atoms with Crippen molar-refractivity contribution in [1.82, 2.24) is 0 Å². The second-order valence-electron chi connectivity index (χ2n) is 5.69. The molecule has 2 aliphatic carbocycles. The van der Waals surface area contributed by atoms with E-state index >= 15 is 0 Å². The highest BCUT2D eigenvalue weighted by Gasteiger charge is 2.53. The second kappa shape index (κ2) is 4.84. The van der Waals surface area contributed by atoms with Gasteiger partial charge in [-0.15, -0.1) is 11.3 Å². The maximum atomic E-state index is 11.7. The van der Waals surface area contributed by atoms with Gasteiger partial charge in [-0.25, -0.2) is 4.79 Å². The first-order chi connectivity index (χ1) is 9.61. The molecule has 0 aliphatic heterocycles. The molecule has 0 aromatic carbocycles. The third-order valence-electron chi connectivity index (χ3n) is 4.41.